The van der Waals surface area contributed by atoms with Crippen LogP contribution in [-0.4, -0.2) is 18.9 Å². The molecule has 1 aliphatic carbocycles. The normalized spacial score (nSPS) is 12.3. The lowest BCUT2D eigenvalue weighted by molar-refractivity contribution is -0.115. The van der Waals surface area contributed by atoms with E-state index in [1.807, 2.05) is 42.5 Å². The number of fused-ring (bicyclic) bond motifs is 3. The Labute approximate surface area is 234 Å². The SMILES string of the molecule is CC(C)=O.COc1ccc(C2(c3ccc(OC(=O)c4ccccc4)cc3)c3ccccc3-c3ccccc32)cc1. The van der Waals surface area contributed by atoms with Gasteiger partial charge in [0.05, 0.1) is 18.1 Å². The zero-order valence-electron chi connectivity index (χ0n) is 22.8. The highest BCUT2D eigenvalue weighted by molar-refractivity contribution is 5.91. The van der Waals surface area contributed by atoms with Crippen LogP contribution in [0.15, 0.2) is 127 Å². The minimum Gasteiger partial charge on any atom is -0.497 e. The number of carbonyl (C=O) groups is 2. The van der Waals surface area contributed by atoms with Gasteiger partial charge in [0.2, 0.25) is 0 Å². The Bertz CT molecular complexity index is 1590. The van der Waals surface area contributed by atoms with Gasteiger partial charge in [0.1, 0.15) is 17.3 Å². The van der Waals surface area contributed by atoms with Crippen molar-refractivity contribution in [1.29, 1.82) is 0 Å². The van der Waals surface area contributed by atoms with Gasteiger partial charge in [0.25, 0.3) is 0 Å². The van der Waals surface area contributed by atoms with Crippen molar-refractivity contribution in [3.8, 4) is 22.6 Å². The summed E-state index contributed by atoms with van der Waals surface area (Å²) in [6.45, 7) is 3.06. The third kappa shape index (κ3) is 4.92. The number of esters is 1. The van der Waals surface area contributed by atoms with Gasteiger partial charge in [-0.1, -0.05) is 91.0 Å². The molecule has 0 heterocycles. The van der Waals surface area contributed by atoms with Crippen LogP contribution in [0, 0.1) is 0 Å². The van der Waals surface area contributed by atoms with E-state index in [1.54, 1.807) is 19.2 Å². The predicted octanol–water partition coefficient (Wildman–Crippen LogP) is 7.87. The first-order chi connectivity index (χ1) is 19.4. The van der Waals surface area contributed by atoms with Crippen molar-refractivity contribution in [3.05, 3.63) is 155 Å². The molecule has 0 radical (unpaired) electrons. The minimum atomic E-state index is -0.512. The molecule has 0 unspecified atom stereocenters. The Morgan fingerprint density at radius 1 is 0.550 bits per heavy atom. The highest BCUT2D eigenvalue weighted by Crippen LogP contribution is 2.56. The van der Waals surface area contributed by atoms with Crippen molar-refractivity contribution in [2.75, 3.05) is 7.11 Å². The van der Waals surface area contributed by atoms with E-state index >= 15 is 0 Å². The molecule has 0 atom stereocenters. The van der Waals surface area contributed by atoms with Crippen LogP contribution in [0.4, 0.5) is 0 Å². The molecule has 1 aliphatic rings. The Balaban J connectivity index is 0.000000758. The van der Waals surface area contributed by atoms with Crippen LogP contribution in [0.5, 0.6) is 11.5 Å². The van der Waals surface area contributed by atoms with Gasteiger partial charge in [-0.2, -0.15) is 0 Å². The van der Waals surface area contributed by atoms with Crippen molar-refractivity contribution < 1.29 is 19.1 Å². The molecule has 0 aliphatic heterocycles. The number of carbonyl (C=O) groups excluding carboxylic acids is 2. The second-order valence-electron chi connectivity index (χ2n) is 9.76. The second-order valence-corrected chi connectivity index (χ2v) is 9.76. The average Bonchev–Trinajstić information content (AvgIpc) is 3.29. The van der Waals surface area contributed by atoms with E-state index in [-0.39, 0.29) is 11.8 Å². The van der Waals surface area contributed by atoms with E-state index in [4.69, 9.17) is 9.47 Å². The number of rotatable bonds is 5. The maximum atomic E-state index is 12.6. The topological polar surface area (TPSA) is 52.6 Å². The lowest BCUT2D eigenvalue weighted by Crippen LogP contribution is -2.28. The standard InChI is InChI=1S/C33H24O3.C3H6O/c1-35-26-19-15-24(16-20-26)33(30-13-7-5-11-28(30)29-12-6-8-14-31(29)33)25-17-21-27(22-18-25)36-32(34)23-9-3-2-4-10-23;1-3(2)4/h2-22H,1H3;1-2H3. The third-order valence-corrected chi connectivity index (χ3v) is 6.98. The van der Waals surface area contributed by atoms with E-state index < -0.39 is 5.41 Å². The predicted molar refractivity (Wildman–Crippen MR) is 158 cm³/mol. The van der Waals surface area contributed by atoms with Crippen molar-refractivity contribution in [3.63, 3.8) is 0 Å². The molecule has 0 amide bonds. The first-order valence-electron chi connectivity index (χ1n) is 13.1. The largest absolute Gasteiger partial charge is 0.497 e. The van der Waals surface area contributed by atoms with Gasteiger partial charge in [-0.15, -0.1) is 0 Å². The summed E-state index contributed by atoms with van der Waals surface area (Å²) < 4.78 is 11.1. The van der Waals surface area contributed by atoms with Crippen LogP contribution >= 0.6 is 0 Å². The van der Waals surface area contributed by atoms with Crippen molar-refractivity contribution in [2.45, 2.75) is 19.3 Å². The number of hydrogen-bond acceptors (Lipinski definition) is 4. The Kier molecular flexibility index (Phi) is 7.61. The molecule has 0 saturated carbocycles. The van der Waals surface area contributed by atoms with Crippen LogP contribution in [0.25, 0.3) is 11.1 Å². The Morgan fingerprint density at radius 2 is 0.975 bits per heavy atom. The van der Waals surface area contributed by atoms with Crippen molar-refractivity contribution >= 4 is 11.8 Å². The molecule has 0 saturated heterocycles. The van der Waals surface area contributed by atoms with E-state index in [2.05, 4.69) is 72.8 Å². The molecule has 0 N–H and O–H groups in total. The van der Waals surface area contributed by atoms with Crippen molar-refractivity contribution in [1.82, 2.24) is 0 Å². The highest BCUT2D eigenvalue weighted by Gasteiger charge is 2.45. The van der Waals surface area contributed by atoms with Crippen LogP contribution in [0.1, 0.15) is 46.5 Å². The summed E-state index contributed by atoms with van der Waals surface area (Å²) in [7, 11) is 1.68. The van der Waals surface area contributed by atoms with Gasteiger partial charge < -0.3 is 14.3 Å². The molecule has 6 rings (SSSR count). The van der Waals surface area contributed by atoms with Gasteiger partial charge in [0, 0.05) is 0 Å². The monoisotopic (exact) mass is 526 g/mol. The smallest absolute Gasteiger partial charge is 0.343 e. The fourth-order valence-corrected chi connectivity index (χ4v) is 5.38. The maximum Gasteiger partial charge on any atom is 0.343 e. The molecule has 5 aromatic carbocycles. The van der Waals surface area contributed by atoms with Crippen LogP contribution in [0.3, 0.4) is 0 Å². The number of methoxy groups -OCH3 is 1. The third-order valence-electron chi connectivity index (χ3n) is 6.98. The van der Waals surface area contributed by atoms with Gasteiger partial charge in [0.15, 0.2) is 0 Å². The number of ether oxygens (including phenoxy) is 2. The molecule has 40 heavy (non-hydrogen) atoms. The summed E-state index contributed by atoms with van der Waals surface area (Å²) >= 11 is 0. The number of ketones is 1. The van der Waals surface area contributed by atoms with Gasteiger partial charge in [-0.3, -0.25) is 0 Å². The molecule has 0 aromatic heterocycles. The van der Waals surface area contributed by atoms with Gasteiger partial charge in [-0.05, 0) is 83.6 Å². The molecular formula is C36H30O4. The lowest BCUT2D eigenvalue weighted by atomic mass is 9.68. The Hall–Kier alpha value is -4.96. The first kappa shape index (κ1) is 26.6. The van der Waals surface area contributed by atoms with E-state index in [0.717, 1.165) is 16.9 Å². The maximum absolute atomic E-state index is 12.6. The molecule has 4 heteroatoms. The summed E-state index contributed by atoms with van der Waals surface area (Å²) in [6, 6.07) is 42.4. The fourth-order valence-electron chi connectivity index (χ4n) is 5.38. The Morgan fingerprint density at radius 3 is 1.45 bits per heavy atom. The van der Waals surface area contributed by atoms with E-state index in [1.165, 1.54) is 36.1 Å². The summed E-state index contributed by atoms with van der Waals surface area (Å²) in [4.78, 5) is 22.0. The van der Waals surface area contributed by atoms with E-state index in [9.17, 15) is 9.59 Å². The summed E-state index contributed by atoms with van der Waals surface area (Å²) in [5.41, 5.74) is 7.17. The molecule has 5 aromatic rings. The molecule has 0 spiro atoms. The lowest BCUT2D eigenvalue weighted by Gasteiger charge is -2.34. The van der Waals surface area contributed by atoms with Crippen molar-refractivity contribution in [2.24, 2.45) is 0 Å². The van der Waals surface area contributed by atoms with Crippen LogP contribution in [-0.2, 0) is 10.2 Å². The summed E-state index contributed by atoms with van der Waals surface area (Å²) in [5, 5.41) is 0. The molecule has 0 bridgehead atoms. The second kappa shape index (κ2) is 11.4. The zero-order chi connectivity index (χ0) is 28.1. The zero-order valence-corrected chi connectivity index (χ0v) is 22.8. The van der Waals surface area contributed by atoms with Crippen LogP contribution in [0.2, 0.25) is 0 Å². The summed E-state index contributed by atoms with van der Waals surface area (Å²) in [6.07, 6.45) is 0. The van der Waals surface area contributed by atoms with E-state index in [0.29, 0.717) is 11.3 Å². The molecule has 4 nitrogen and oxygen atoms in total. The minimum absolute atomic E-state index is 0.167. The summed E-state index contributed by atoms with van der Waals surface area (Å²) in [5.74, 6) is 1.12. The number of benzene rings is 5. The first-order valence-corrected chi connectivity index (χ1v) is 13.1. The quantitative estimate of drug-likeness (QED) is 0.169. The molecular weight excluding hydrogens is 496 g/mol. The van der Waals surface area contributed by atoms with Gasteiger partial charge >= 0.3 is 5.97 Å². The fraction of sp³-hybridized carbons (Fsp3) is 0.111. The average molecular weight is 527 g/mol. The molecule has 0 fully saturated rings. The highest BCUT2D eigenvalue weighted by atomic mass is 16.5. The number of Topliss-reactive ketones (excluding diaryl/α,β-unsaturated/α-hetero) is 1. The molecule has 198 valence electrons. The van der Waals surface area contributed by atoms with Gasteiger partial charge in [-0.25, -0.2) is 4.79 Å². The number of hydrogen-bond donors (Lipinski definition) is 0. The van der Waals surface area contributed by atoms with Crippen LogP contribution < -0.4 is 9.47 Å².